The first kappa shape index (κ1) is 11.2. The molecule has 3 heterocycles. The third-order valence-corrected chi connectivity index (χ3v) is 2.54. The molecule has 0 aliphatic rings. The maximum atomic E-state index is 12.0. The van der Waals surface area contributed by atoms with Crippen LogP contribution in [-0.2, 0) is 0 Å². The quantitative estimate of drug-likeness (QED) is 0.751. The van der Waals surface area contributed by atoms with E-state index in [9.17, 15) is 4.79 Å². The molecule has 0 radical (unpaired) electrons. The highest BCUT2D eigenvalue weighted by Crippen LogP contribution is 2.18. The molecule has 0 unspecified atom stereocenters. The molecule has 0 spiro atoms. The van der Waals surface area contributed by atoms with Gasteiger partial charge in [-0.2, -0.15) is 5.10 Å². The van der Waals surface area contributed by atoms with E-state index in [2.05, 4.69) is 20.5 Å². The van der Waals surface area contributed by atoms with Crippen molar-refractivity contribution in [2.45, 2.75) is 0 Å². The van der Waals surface area contributed by atoms with Gasteiger partial charge in [0.05, 0.1) is 6.26 Å². The zero-order chi connectivity index (χ0) is 13.1. The third-order valence-electron chi connectivity index (χ3n) is 2.54. The minimum absolute atomic E-state index is 0.291. The fraction of sp³-hybridized carbons (Fsp3) is 0. The summed E-state index contributed by atoms with van der Waals surface area (Å²) in [7, 11) is 0. The fourth-order valence-corrected chi connectivity index (χ4v) is 1.63. The summed E-state index contributed by atoms with van der Waals surface area (Å²) in [5.74, 6) is 0.343. The number of amides is 1. The lowest BCUT2D eigenvalue weighted by molar-refractivity contribution is 0.102. The summed E-state index contributed by atoms with van der Waals surface area (Å²) in [6.45, 7) is 0. The molecule has 0 aromatic carbocycles. The number of anilines is 1. The Hall–Kier alpha value is -2.89. The van der Waals surface area contributed by atoms with Crippen molar-refractivity contribution in [2.24, 2.45) is 0 Å². The highest BCUT2D eigenvalue weighted by atomic mass is 16.3. The van der Waals surface area contributed by atoms with E-state index in [-0.39, 0.29) is 5.91 Å². The van der Waals surface area contributed by atoms with E-state index in [0.29, 0.717) is 22.8 Å². The van der Waals surface area contributed by atoms with Crippen molar-refractivity contribution in [3.63, 3.8) is 0 Å². The molecule has 6 heteroatoms. The van der Waals surface area contributed by atoms with Crippen molar-refractivity contribution in [3.8, 4) is 11.5 Å². The largest absolute Gasteiger partial charge is 0.463 e. The zero-order valence-corrected chi connectivity index (χ0v) is 9.83. The van der Waals surface area contributed by atoms with Gasteiger partial charge in [-0.15, -0.1) is 0 Å². The summed E-state index contributed by atoms with van der Waals surface area (Å²) >= 11 is 0. The van der Waals surface area contributed by atoms with Crippen molar-refractivity contribution in [2.75, 3.05) is 5.32 Å². The van der Waals surface area contributed by atoms with Gasteiger partial charge in [0.2, 0.25) is 0 Å². The molecule has 0 atom stereocenters. The molecule has 94 valence electrons. The van der Waals surface area contributed by atoms with Crippen LogP contribution in [0, 0.1) is 0 Å². The lowest BCUT2D eigenvalue weighted by Crippen LogP contribution is -2.12. The van der Waals surface area contributed by atoms with Crippen molar-refractivity contribution < 1.29 is 9.21 Å². The average Bonchev–Trinajstić information content (AvgIpc) is 3.11. The second-order valence-corrected chi connectivity index (χ2v) is 3.83. The molecular formula is C13H10N4O2. The number of furan rings is 1. The molecule has 0 aliphatic heterocycles. The molecule has 0 fully saturated rings. The first-order valence-corrected chi connectivity index (χ1v) is 5.63. The third kappa shape index (κ3) is 2.37. The van der Waals surface area contributed by atoms with E-state index in [4.69, 9.17) is 4.42 Å². The van der Waals surface area contributed by atoms with E-state index in [1.165, 1.54) is 0 Å². The number of hydrogen-bond acceptors (Lipinski definition) is 4. The van der Waals surface area contributed by atoms with Crippen LogP contribution in [0.15, 0.2) is 53.4 Å². The summed E-state index contributed by atoms with van der Waals surface area (Å²) in [5, 5.41) is 9.44. The number of aromatic nitrogens is 3. The van der Waals surface area contributed by atoms with Gasteiger partial charge < -0.3 is 9.73 Å². The molecule has 3 rings (SSSR count). The maximum absolute atomic E-state index is 12.0. The van der Waals surface area contributed by atoms with Gasteiger partial charge in [0.25, 0.3) is 5.91 Å². The molecule has 2 N–H and O–H groups in total. The van der Waals surface area contributed by atoms with Crippen LogP contribution in [-0.4, -0.2) is 21.1 Å². The normalized spacial score (nSPS) is 10.3. The summed E-state index contributed by atoms with van der Waals surface area (Å²) in [4.78, 5) is 15.8. The molecule has 3 aromatic heterocycles. The van der Waals surface area contributed by atoms with Crippen LogP contribution in [0.1, 0.15) is 10.5 Å². The van der Waals surface area contributed by atoms with E-state index in [1.54, 1.807) is 49.0 Å². The van der Waals surface area contributed by atoms with Gasteiger partial charge in [0, 0.05) is 24.1 Å². The van der Waals surface area contributed by atoms with Crippen molar-refractivity contribution in [3.05, 3.63) is 54.7 Å². The molecule has 0 saturated heterocycles. The van der Waals surface area contributed by atoms with Gasteiger partial charge in [-0.3, -0.25) is 14.9 Å². The predicted molar refractivity (Wildman–Crippen MR) is 68.5 cm³/mol. The summed E-state index contributed by atoms with van der Waals surface area (Å²) in [5.41, 5.74) is 1.62. The number of carbonyl (C=O) groups excluding carboxylic acids is 1. The van der Waals surface area contributed by atoms with Gasteiger partial charge in [-0.1, -0.05) is 0 Å². The smallest absolute Gasteiger partial charge is 0.276 e. The number of nitrogens with one attached hydrogen (secondary N) is 2. The first-order chi connectivity index (χ1) is 9.33. The standard InChI is InChI=1S/C13H10N4O2/c18-13(15-9-3-5-14-6-4-9)11-8-10(16-17-11)12-2-1-7-19-12/h1-8H,(H,16,17)(H,14,15,18). The van der Waals surface area contributed by atoms with Crippen LogP contribution in [0.2, 0.25) is 0 Å². The number of pyridine rings is 1. The van der Waals surface area contributed by atoms with Crippen LogP contribution in [0.5, 0.6) is 0 Å². The molecule has 0 saturated carbocycles. The van der Waals surface area contributed by atoms with Gasteiger partial charge in [0.1, 0.15) is 5.69 Å². The molecular weight excluding hydrogens is 244 g/mol. The number of nitrogens with zero attached hydrogens (tertiary/aromatic N) is 2. The molecule has 0 aliphatic carbocycles. The lowest BCUT2D eigenvalue weighted by Gasteiger charge is -2.00. The summed E-state index contributed by atoms with van der Waals surface area (Å²) < 4.78 is 5.22. The summed E-state index contributed by atoms with van der Waals surface area (Å²) in [6.07, 6.45) is 4.77. The highest BCUT2D eigenvalue weighted by molar-refractivity contribution is 6.03. The average molecular weight is 254 g/mol. The van der Waals surface area contributed by atoms with Gasteiger partial charge in [-0.25, -0.2) is 0 Å². The second-order valence-electron chi connectivity index (χ2n) is 3.83. The summed E-state index contributed by atoms with van der Waals surface area (Å²) in [6, 6.07) is 8.61. The monoisotopic (exact) mass is 254 g/mol. The Bertz CT molecular complexity index is 674. The first-order valence-electron chi connectivity index (χ1n) is 5.63. The molecule has 6 nitrogen and oxygen atoms in total. The van der Waals surface area contributed by atoms with Crippen molar-refractivity contribution in [1.82, 2.24) is 15.2 Å². The Labute approximate surface area is 108 Å². The maximum Gasteiger partial charge on any atom is 0.276 e. The molecule has 19 heavy (non-hydrogen) atoms. The fourth-order valence-electron chi connectivity index (χ4n) is 1.63. The Balaban J connectivity index is 1.78. The van der Waals surface area contributed by atoms with Crippen LogP contribution in [0.4, 0.5) is 5.69 Å². The Morgan fingerprint density at radius 2 is 2.11 bits per heavy atom. The number of aromatic amines is 1. The van der Waals surface area contributed by atoms with Gasteiger partial charge >= 0.3 is 0 Å². The van der Waals surface area contributed by atoms with Crippen molar-refractivity contribution in [1.29, 1.82) is 0 Å². The minimum atomic E-state index is -0.291. The van der Waals surface area contributed by atoms with Gasteiger partial charge in [-0.05, 0) is 24.3 Å². The zero-order valence-electron chi connectivity index (χ0n) is 9.83. The van der Waals surface area contributed by atoms with E-state index >= 15 is 0 Å². The SMILES string of the molecule is O=C(Nc1ccncc1)c1cc(-c2ccco2)[nH]n1. The van der Waals surface area contributed by atoms with E-state index < -0.39 is 0 Å². The van der Waals surface area contributed by atoms with Gasteiger partial charge in [0.15, 0.2) is 11.5 Å². The minimum Gasteiger partial charge on any atom is -0.463 e. The van der Waals surface area contributed by atoms with Crippen LogP contribution in [0.25, 0.3) is 11.5 Å². The number of H-pyrrole nitrogens is 1. The number of hydrogen-bond donors (Lipinski definition) is 2. The van der Waals surface area contributed by atoms with Crippen molar-refractivity contribution >= 4 is 11.6 Å². The topological polar surface area (TPSA) is 83.8 Å². The van der Waals surface area contributed by atoms with E-state index in [1.807, 2.05) is 0 Å². The van der Waals surface area contributed by atoms with Crippen LogP contribution in [0.3, 0.4) is 0 Å². The van der Waals surface area contributed by atoms with E-state index in [0.717, 1.165) is 0 Å². The lowest BCUT2D eigenvalue weighted by atomic mass is 10.3. The van der Waals surface area contributed by atoms with Crippen LogP contribution >= 0.6 is 0 Å². The highest BCUT2D eigenvalue weighted by Gasteiger charge is 2.12. The number of carbonyl (C=O) groups is 1. The Morgan fingerprint density at radius 3 is 2.84 bits per heavy atom. The molecule has 1 amide bonds. The molecule has 3 aromatic rings. The van der Waals surface area contributed by atoms with Crippen LogP contribution < -0.4 is 5.32 Å². The Kier molecular flexibility index (Phi) is 2.82. The second kappa shape index (κ2) is 4.77. The predicted octanol–water partition coefficient (Wildman–Crippen LogP) is 2.32. The molecule has 0 bridgehead atoms. The number of rotatable bonds is 3. The Morgan fingerprint density at radius 1 is 1.26 bits per heavy atom.